The van der Waals surface area contributed by atoms with Crippen molar-refractivity contribution in [3.8, 4) is 23.3 Å². The third-order valence-corrected chi connectivity index (χ3v) is 2.91. The number of aromatic amines is 1. The molecule has 0 aliphatic heterocycles. The average molecular weight is 221 g/mol. The molecule has 17 heavy (non-hydrogen) atoms. The quantitative estimate of drug-likeness (QED) is 0.804. The molecule has 0 amide bonds. The summed E-state index contributed by atoms with van der Waals surface area (Å²) in [5, 5.41) is 17.8. The maximum absolute atomic E-state index is 9.08. The first-order valence-electron chi connectivity index (χ1n) is 5.27. The second-order valence-electron chi connectivity index (χ2n) is 3.93. The van der Waals surface area contributed by atoms with Gasteiger partial charge in [-0.15, -0.1) is 0 Å². The topological polar surface area (TPSA) is 63.4 Å². The molecule has 0 radical (unpaired) electrons. The van der Waals surface area contributed by atoms with Crippen molar-refractivity contribution >= 4 is 0 Å². The molecular weight excluding hydrogens is 210 g/mol. The molecule has 0 aliphatic carbocycles. The number of H-pyrrole nitrogens is 1. The first-order valence-corrected chi connectivity index (χ1v) is 5.27. The number of hydrogen-bond acceptors (Lipinski definition) is 2. The number of aromatic nitrogens is 1. The number of nitrogens with zero attached hydrogens (tertiary/aromatic N) is 2. The molecule has 3 heteroatoms. The van der Waals surface area contributed by atoms with Crippen LogP contribution in [0.2, 0.25) is 0 Å². The second-order valence-corrected chi connectivity index (χ2v) is 3.93. The van der Waals surface area contributed by atoms with E-state index in [1.807, 2.05) is 26.0 Å². The van der Waals surface area contributed by atoms with Gasteiger partial charge in [-0.3, -0.25) is 0 Å². The van der Waals surface area contributed by atoms with Gasteiger partial charge in [-0.05, 0) is 37.1 Å². The van der Waals surface area contributed by atoms with Crippen molar-refractivity contribution in [3.63, 3.8) is 0 Å². The molecule has 0 unspecified atom stereocenters. The number of benzene rings is 1. The molecular formula is C14H11N3. The summed E-state index contributed by atoms with van der Waals surface area (Å²) in [7, 11) is 0. The monoisotopic (exact) mass is 221 g/mol. The van der Waals surface area contributed by atoms with Gasteiger partial charge >= 0.3 is 0 Å². The fourth-order valence-electron chi connectivity index (χ4n) is 1.87. The fourth-order valence-corrected chi connectivity index (χ4v) is 1.87. The molecule has 0 bridgehead atoms. The van der Waals surface area contributed by atoms with Crippen LogP contribution in [0.1, 0.15) is 22.5 Å². The van der Waals surface area contributed by atoms with Crippen LogP contribution >= 0.6 is 0 Å². The van der Waals surface area contributed by atoms with Crippen LogP contribution in [0.5, 0.6) is 0 Å². The van der Waals surface area contributed by atoms with Crippen LogP contribution in [0.15, 0.2) is 24.3 Å². The smallest absolute Gasteiger partial charge is 0.125 e. The zero-order valence-corrected chi connectivity index (χ0v) is 9.70. The third-order valence-electron chi connectivity index (χ3n) is 2.91. The van der Waals surface area contributed by atoms with Crippen molar-refractivity contribution in [2.24, 2.45) is 0 Å². The Morgan fingerprint density at radius 3 is 2.18 bits per heavy atom. The van der Waals surface area contributed by atoms with Crippen LogP contribution in [-0.4, -0.2) is 4.98 Å². The molecule has 2 rings (SSSR count). The van der Waals surface area contributed by atoms with E-state index in [0.29, 0.717) is 11.3 Å². The van der Waals surface area contributed by atoms with Crippen molar-refractivity contribution < 1.29 is 0 Å². The maximum Gasteiger partial charge on any atom is 0.125 e. The normalized spacial score (nSPS) is 9.65. The van der Waals surface area contributed by atoms with Crippen LogP contribution in [0.4, 0.5) is 0 Å². The van der Waals surface area contributed by atoms with Crippen LogP contribution in [0, 0.1) is 36.5 Å². The average Bonchev–Trinajstić information content (AvgIpc) is 2.65. The van der Waals surface area contributed by atoms with E-state index in [-0.39, 0.29) is 0 Å². The van der Waals surface area contributed by atoms with Crippen molar-refractivity contribution in [3.05, 3.63) is 46.8 Å². The van der Waals surface area contributed by atoms with Crippen molar-refractivity contribution in [1.29, 1.82) is 10.5 Å². The first kappa shape index (κ1) is 11.0. The highest BCUT2D eigenvalue weighted by atomic mass is 14.7. The minimum absolute atomic E-state index is 0.574. The highest BCUT2D eigenvalue weighted by molar-refractivity contribution is 5.74. The molecule has 0 saturated carbocycles. The molecule has 82 valence electrons. The lowest BCUT2D eigenvalue weighted by atomic mass is 10.0. The van der Waals surface area contributed by atoms with Crippen LogP contribution in [0.25, 0.3) is 11.1 Å². The van der Waals surface area contributed by atoms with E-state index in [4.69, 9.17) is 10.5 Å². The largest absolute Gasteiger partial charge is 0.350 e. The molecule has 0 saturated heterocycles. The van der Waals surface area contributed by atoms with E-state index in [1.54, 1.807) is 12.1 Å². The molecule has 1 aromatic carbocycles. The highest BCUT2D eigenvalue weighted by Crippen LogP contribution is 2.29. The lowest BCUT2D eigenvalue weighted by Gasteiger charge is -2.01. The minimum Gasteiger partial charge on any atom is -0.350 e. The predicted octanol–water partition coefficient (Wildman–Crippen LogP) is 3.04. The summed E-state index contributed by atoms with van der Waals surface area (Å²) in [5.41, 5.74) is 5.16. The van der Waals surface area contributed by atoms with Gasteiger partial charge in [-0.2, -0.15) is 10.5 Å². The Balaban J connectivity index is 2.61. The summed E-state index contributed by atoms with van der Waals surface area (Å²) >= 11 is 0. The lowest BCUT2D eigenvalue weighted by Crippen LogP contribution is -1.83. The lowest BCUT2D eigenvalue weighted by molar-refractivity contribution is 1.21. The molecule has 1 N–H and O–H groups in total. The zero-order valence-electron chi connectivity index (χ0n) is 9.70. The molecule has 0 atom stereocenters. The van der Waals surface area contributed by atoms with E-state index >= 15 is 0 Å². The summed E-state index contributed by atoms with van der Waals surface area (Å²) in [6, 6.07) is 11.5. The Hall–Kier alpha value is -2.52. The second kappa shape index (κ2) is 4.15. The van der Waals surface area contributed by atoms with Crippen molar-refractivity contribution in [1.82, 2.24) is 4.98 Å². The summed E-state index contributed by atoms with van der Waals surface area (Å²) in [4.78, 5) is 3.06. The summed E-state index contributed by atoms with van der Waals surface area (Å²) in [5.74, 6) is 0. The predicted molar refractivity (Wildman–Crippen MR) is 65.1 cm³/mol. The Labute approximate surface area is 99.9 Å². The van der Waals surface area contributed by atoms with Gasteiger partial charge in [0.25, 0.3) is 0 Å². The zero-order chi connectivity index (χ0) is 12.4. The third kappa shape index (κ3) is 1.79. The van der Waals surface area contributed by atoms with Gasteiger partial charge in [-0.25, -0.2) is 0 Å². The molecule has 1 heterocycles. The minimum atomic E-state index is 0.574. The summed E-state index contributed by atoms with van der Waals surface area (Å²) in [6.07, 6.45) is 0. The Morgan fingerprint density at radius 1 is 1.00 bits per heavy atom. The van der Waals surface area contributed by atoms with Gasteiger partial charge < -0.3 is 4.98 Å². The van der Waals surface area contributed by atoms with Gasteiger partial charge in [0, 0.05) is 11.3 Å². The number of aryl methyl sites for hydroxylation is 1. The van der Waals surface area contributed by atoms with Crippen LogP contribution in [0.3, 0.4) is 0 Å². The van der Waals surface area contributed by atoms with E-state index < -0.39 is 0 Å². The van der Waals surface area contributed by atoms with Gasteiger partial charge in [0.2, 0.25) is 0 Å². The standard InChI is InChI=1S/C14H11N3/c1-9-10(2)17-13(8-16)14(9)12-5-3-11(7-15)4-6-12/h3-6,17H,1-2H3. The summed E-state index contributed by atoms with van der Waals surface area (Å²) < 4.78 is 0. The van der Waals surface area contributed by atoms with Crippen molar-refractivity contribution in [2.45, 2.75) is 13.8 Å². The van der Waals surface area contributed by atoms with E-state index in [1.165, 1.54) is 0 Å². The maximum atomic E-state index is 9.08. The van der Waals surface area contributed by atoms with Gasteiger partial charge in [-0.1, -0.05) is 12.1 Å². The first-order chi connectivity index (χ1) is 8.17. The van der Waals surface area contributed by atoms with E-state index in [9.17, 15) is 0 Å². The van der Waals surface area contributed by atoms with E-state index in [0.717, 1.165) is 22.4 Å². The Kier molecular flexibility index (Phi) is 2.68. The van der Waals surface area contributed by atoms with Gasteiger partial charge in [0.15, 0.2) is 0 Å². The molecule has 0 fully saturated rings. The number of nitrogens with one attached hydrogen (secondary N) is 1. The summed E-state index contributed by atoms with van der Waals surface area (Å²) in [6.45, 7) is 3.93. The SMILES string of the molecule is Cc1[nH]c(C#N)c(-c2ccc(C#N)cc2)c1C. The number of nitriles is 2. The highest BCUT2D eigenvalue weighted by Gasteiger charge is 2.13. The van der Waals surface area contributed by atoms with Crippen LogP contribution < -0.4 is 0 Å². The molecule has 2 aromatic rings. The van der Waals surface area contributed by atoms with E-state index in [2.05, 4.69) is 17.1 Å². The number of hydrogen-bond donors (Lipinski definition) is 1. The van der Waals surface area contributed by atoms with Crippen LogP contribution in [-0.2, 0) is 0 Å². The fraction of sp³-hybridized carbons (Fsp3) is 0.143. The molecule has 1 aromatic heterocycles. The van der Waals surface area contributed by atoms with Gasteiger partial charge in [0.05, 0.1) is 11.6 Å². The molecule has 3 nitrogen and oxygen atoms in total. The van der Waals surface area contributed by atoms with Gasteiger partial charge in [0.1, 0.15) is 11.8 Å². The Morgan fingerprint density at radius 2 is 1.65 bits per heavy atom. The number of rotatable bonds is 1. The molecule has 0 aliphatic rings. The molecule has 0 spiro atoms. The Bertz CT molecular complexity index is 634. The van der Waals surface area contributed by atoms with Crippen molar-refractivity contribution in [2.75, 3.05) is 0 Å².